The molecule has 222 valence electrons. The number of nitriles is 1. The first-order valence-corrected chi connectivity index (χ1v) is 15.7. The van der Waals surface area contributed by atoms with Gasteiger partial charge < -0.3 is 0 Å². The molecule has 7 aromatic rings. The van der Waals surface area contributed by atoms with Gasteiger partial charge in [-0.25, -0.2) is 9.97 Å². The Kier molecular flexibility index (Phi) is 6.82. The molecule has 2 heterocycles. The van der Waals surface area contributed by atoms with Crippen LogP contribution in [-0.2, 0) is 5.41 Å². The van der Waals surface area contributed by atoms with Crippen LogP contribution >= 0.6 is 0 Å². The Balaban J connectivity index is 1.32. The van der Waals surface area contributed by atoms with Crippen LogP contribution in [-0.4, -0.2) is 15.0 Å². The van der Waals surface area contributed by atoms with E-state index < -0.39 is 0 Å². The van der Waals surface area contributed by atoms with Crippen molar-refractivity contribution in [2.45, 2.75) is 19.3 Å². The number of nitrogens with zero attached hydrogens (tertiary/aromatic N) is 4. The van der Waals surface area contributed by atoms with Gasteiger partial charge >= 0.3 is 0 Å². The van der Waals surface area contributed by atoms with Crippen LogP contribution < -0.4 is 0 Å². The van der Waals surface area contributed by atoms with Crippen molar-refractivity contribution in [3.8, 4) is 73.4 Å². The number of benzene rings is 5. The Morgan fingerprint density at radius 1 is 0.511 bits per heavy atom. The van der Waals surface area contributed by atoms with Crippen molar-refractivity contribution in [1.82, 2.24) is 15.0 Å². The van der Waals surface area contributed by atoms with Gasteiger partial charge in [0.25, 0.3) is 0 Å². The normalized spacial score (nSPS) is 12.6. The summed E-state index contributed by atoms with van der Waals surface area (Å²) in [4.78, 5) is 14.7. The minimum atomic E-state index is -0.241. The number of rotatable bonds is 5. The fraction of sp³-hybridized carbons (Fsp3) is 0.0698. The van der Waals surface area contributed by atoms with Crippen molar-refractivity contribution in [2.75, 3.05) is 0 Å². The maximum absolute atomic E-state index is 9.59. The van der Waals surface area contributed by atoms with E-state index in [9.17, 15) is 5.26 Å². The number of hydrogen-bond acceptors (Lipinski definition) is 4. The van der Waals surface area contributed by atoms with Gasteiger partial charge in [0.15, 0.2) is 5.82 Å². The van der Waals surface area contributed by atoms with Crippen LogP contribution in [0.4, 0.5) is 0 Å². The maximum atomic E-state index is 9.59. The van der Waals surface area contributed by atoms with Crippen molar-refractivity contribution in [3.63, 3.8) is 0 Å². The first-order valence-electron chi connectivity index (χ1n) is 15.7. The summed E-state index contributed by atoms with van der Waals surface area (Å²) in [6.45, 7) is 4.49. The van der Waals surface area contributed by atoms with E-state index in [-0.39, 0.29) is 5.41 Å². The first-order chi connectivity index (χ1) is 23.0. The molecule has 0 saturated carbocycles. The fourth-order valence-corrected chi connectivity index (χ4v) is 6.70. The fourth-order valence-electron chi connectivity index (χ4n) is 6.70. The molecular weight excluding hydrogens is 573 g/mol. The smallest absolute Gasteiger partial charge is 0.160 e. The molecule has 0 spiro atoms. The minimum absolute atomic E-state index is 0.241. The van der Waals surface area contributed by atoms with Crippen LogP contribution in [0.3, 0.4) is 0 Å². The second-order valence-electron chi connectivity index (χ2n) is 12.5. The predicted molar refractivity (Wildman–Crippen MR) is 189 cm³/mol. The lowest BCUT2D eigenvalue weighted by atomic mass is 9.81. The summed E-state index contributed by atoms with van der Waals surface area (Å²) in [6.07, 6.45) is 3.69. The topological polar surface area (TPSA) is 62.5 Å². The lowest BCUT2D eigenvalue weighted by Gasteiger charge is -2.22. The summed E-state index contributed by atoms with van der Waals surface area (Å²) < 4.78 is 0. The molecule has 1 aliphatic rings. The van der Waals surface area contributed by atoms with Crippen LogP contribution in [0, 0.1) is 11.3 Å². The van der Waals surface area contributed by atoms with Crippen LogP contribution in [0.1, 0.15) is 30.5 Å². The highest BCUT2D eigenvalue weighted by molar-refractivity contribution is 5.86. The van der Waals surface area contributed by atoms with Gasteiger partial charge in [0.2, 0.25) is 0 Å². The van der Waals surface area contributed by atoms with Crippen LogP contribution in [0.5, 0.6) is 0 Å². The Bertz CT molecular complexity index is 2260. The predicted octanol–water partition coefficient (Wildman–Crippen LogP) is 10.4. The molecule has 4 nitrogen and oxygen atoms in total. The molecule has 0 amide bonds. The van der Waals surface area contributed by atoms with Crippen molar-refractivity contribution >= 4 is 0 Å². The van der Waals surface area contributed by atoms with Gasteiger partial charge in [-0.15, -0.1) is 0 Å². The average Bonchev–Trinajstić information content (AvgIpc) is 3.37. The zero-order valence-electron chi connectivity index (χ0n) is 26.1. The summed E-state index contributed by atoms with van der Waals surface area (Å²) in [5.74, 6) is 0.662. The number of hydrogen-bond donors (Lipinski definition) is 0. The molecule has 0 bridgehead atoms. The molecule has 0 aliphatic heterocycles. The van der Waals surface area contributed by atoms with Crippen molar-refractivity contribution in [3.05, 3.63) is 163 Å². The Morgan fingerprint density at radius 2 is 1.09 bits per heavy atom. The minimum Gasteiger partial charge on any atom is -0.264 e. The van der Waals surface area contributed by atoms with Gasteiger partial charge in [-0.05, 0) is 87.5 Å². The van der Waals surface area contributed by atoms with Gasteiger partial charge in [-0.2, -0.15) is 5.26 Å². The standard InChI is InChI=1S/C43H30N4/c1-43(2)38-20-28(26-44)15-17-36(38)37-18-16-31(24-39(37)43)33-21-34(32-14-9-19-45-27-32)23-35(22-33)42-46-40(29-10-5-3-6-11-29)25-41(47-42)30-12-7-4-8-13-30/h3-25,27H,1-2H3. The van der Waals surface area contributed by atoms with E-state index in [2.05, 4.69) is 104 Å². The lowest BCUT2D eigenvalue weighted by Crippen LogP contribution is -2.15. The van der Waals surface area contributed by atoms with Gasteiger partial charge in [-0.3, -0.25) is 4.98 Å². The Labute approximate surface area is 274 Å². The monoisotopic (exact) mass is 602 g/mol. The van der Waals surface area contributed by atoms with E-state index in [4.69, 9.17) is 9.97 Å². The van der Waals surface area contributed by atoms with Crippen LogP contribution in [0.25, 0.3) is 67.3 Å². The third kappa shape index (κ3) is 5.09. The van der Waals surface area contributed by atoms with Gasteiger partial charge in [0.1, 0.15) is 0 Å². The van der Waals surface area contributed by atoms with E-state index in [1.807, 2.05) is 60.8 Å². The zero-order chi connectivity index (χ0) is 32.0. The largest absolute Gasteiger partial charge is 0.264 e. The molecule has 2 aromatic heterocycles. The second-order valence-corrected chi connectivity index (χ2v) is 12.5. The molecule has 0 atom stereocenters. The van der Waals surface area contributed by atoms with E-state index >= 15 is 0 Å². The highest BCUT2D eigenvalue weighted by Crippen LogP contribution is 2.50. The highest BCUT2D eigenvalue weighted by atomic mass is 14.9. The summed E-state index contributed by atoms with van der Waals surface area (Å²) in [6, 6.07) is 48.3. The molecule has 5 aromatic carbocycles. The van der Waals surface area contributed by atoms with E-state index in [1.165, 1.54) is 22.3 Å². The first kappa shape index (κ1) is 28.3. The third-order valence-electron chi connectivity index (χ3n) is 9.19. The summed E-state index contributed by atoms with van der Waals surface area (Å²) in [5, 5.41) is 9.59. The number of fused-ring (bicyclic) bond motifs is 3. The molecule has 0 fully saturated rings. The van der Waals surface area contributed by atoms with Gasteiger partial charge in [-0.1, -0.05) is 98.8 Å². The summed E-state index contributed by atoms with van der Waals surface area (Å²) in [7, 11) is 0. The van der Waals surface area contributed by atoms with Crippen molar-refractivity contribution in [2.24, 2.45) is 0 Å². The van der Waals surface area contributed by atoms with Gasteiger partial charge in [0, 0.05) is 40.1 Å². The Hall–Kier alpha value is -6.18. The SMILES string of the molecule is CC1(C)c2cc(C#N)ccc2-c2ccc(-c3cc(-c4cccnc4)cc(-c4nc(-c5ccccc5)cc(-c5ccccc5)n4)c3)cc21. The lowest BCUT2D eigenvalue weighted by molar-refractivity contribution is 0.660. The third-order valence-corrected chi connectivity index (χ3v) is 9.19. The molecule has 8 rings (SSSR count). The molecule has 47 heavy (non-hydrogen) atoms. The average molecular weight is 603 g/mol. The number of aromatic nitrogens is 3. The summed E-state index contributed by atoms with van der Waals surface area (Å²) in [5.41, 5.74) is 14.3. The molecule has 1 aliphatic carbocycles. The molecule has 0 N–H and O–H groups in total. The van der Waals surface area contributed by atoms with Gasteiger partial charge in [0.05, 0.1) is 23.0 Å². The molecule has 4 heteroatoms. The molecule has 0 radical (unpaired) electrons. The second kappa shape index (κ2) is 11.3. The highest BCUT2D eigenvalue weighted by Gasteiger charge is 2.35. The molecular formula is C43H30N4. The van der Waals surface area contributed by atoms with Crippen molar-refractivity contribution in [1.29, 1.82) is 5.26 Å². The van der Waals surface area contributed by atoms with Crippen LogP contribution in [0.15, 0.2) is 146 Å². The molecule has 0 saturated heterocycles. The Morgan fingerprint density at radius 3 is 1.70 bits per heavy atom. The van der Waals surface area contributed by atoms with E-state index in [1.54, 1.807) is 6.20 Å². The van der Waals surface area contributed by atoms with E-state index in [0.717, 1.165) is 50.3 Å². The van der Waals surface area contributed by atoms with E-state index in [0.29, 0.717) is 11.4 Å². The number of pyridine rings is 1. The molecule has 0 unspecified atom stereocenters. The quantitative estimate of drug-likeness (QED) is 0.197. The van der Waals surface area contributed by atoms with Crippen LogP contribution in [0.2, 0.25) is 0 Å². The maximum Gasteiger partial charge on any atom is 0.160 e. The summed E-state index contributed by atoms with van der Waals surface area (Å²) >= 11 is 0. The van der Waals surface area contributed by atoms with Crippen molar-refractivity contribution < 1.29 is 0 Å². The zero-order valence-corrected chi connectivity index (χ0v) is 26.1.